The molecule has 0 spiro atoms. The maximum Gasteiger partial charge on any atom is 0.416 e. The van der Waals surface area contributed by atoms with E-state index in [-0.39, 0.29) is 12.5 Å². The molecule has 2 aromatic carbocycles. The number of hydrogen-bond acceptors (Lipinski definition) is 9. The smallest absolute Gasteiger partial charge is 0.416 e. The van der Waals surface area contributed by atoms with Gasteiger partial charge in [-0.05, 0) is 74.6 Å². The number of aliphatic hydroxyl groups is 4. The SMILES string of the molecule is Cc1cc2c(cc1C)N(C(=O)OCc1ccc(O[C@@H]3O[C@@H](C)[C@@H](O)[C@@H](O)[C@@H]3O)cc1)C(O)[C@@H]1CCCN1C2=O. The molecule has 3 heterocycles. The van der Waals surface area contributed by atoms with Crippen LogP contribution in [0, 0.1) is 13.8 Å². The third-order valence-electron chi connectivity index (χ3n) is 7.81. The van der Waals surface area contributed by atoms with Crippen molar-refractivity contribution in [2.75, 3.05) is 11.4 Å². The van der Waals surface area contributed by atoms with Crippen LogP contribution in [-0.4, -0.2) is 86.8 Å². The number of aryl methyl sites for hydroxylation is 2. The summed E-state index contributed by atoms with van der Waals surface area (Å²) >= 11 is 0. The Morgan fingerprint density at radius 3 is 2.44 bits per heavy atom. The van der Waals surface area contributed by atoms with E-state index < -0.39 is 49.1 Å². The van der Waals surface area contributed by atoms with Crippen molar-refractivity contribution in [3.8, 4) is 5.75 Å². The number of fused-ring (bicyclic) bond motifs is 2. The van der Waals surface area contributed by atoms with Crippen LogP contribution in [0.2, 0.25) is 0 Å². The Morgan fingerprint density at radius 2 is 1.72 bits per heavy atom. The van der Waals surface area contributed by atoms with Crippen LogP contribution in [0.4, 0.5) is 10.5 Å². The van der Waals surface area contributed by atoms with E-state index in [1.165, 1.54) is 4.90 Å². The van der Waals surface area contributed by atoms with Gasteiger partial charge in [0.05, 0.1) is 23.4 Å². The van der Waals surface area contributed by atoms with Crippen molar-refractivity contribution in [2.24, 2.45) is 0 Å². The van der Waals surface area contributed by atoms with Gasteiger partial charge in [0.15, 0.2) is 6.23 Å². The van der Waals surface area contributed by atoms with E-state index in [4.69, 9.17) is 14.2 Å². The number of hydrogen-bond donors (Lipinski definition) is 4. The summed E-state index contributed by atoms with van der Waals surface area (Å²) < 4.78 is 16.7. The normalized spacial score (nSPS) is 30.4. The fourth-order valence-corrected chi connectivity index (χ4v) is 5.33. The van der Waals surface area contributed by atoms with E-state index in [1.54, 1.807) is 48.2 Å². The summed E-state index contributed by atoms with van der Waals surface area (Å²) in [6, 6.07) is 9.49. The van der Waals surface area contributed by atoms with Crippen LogP contribution >= 0.6 is 0 Å². The number of rotatable bonds is 4. The minimum Gasteiger partial charge on any atom is -0.462 e. The first-order valence-corrected chi connectivity index (χ1v) is 13.1. The van der Waals surface area contributed by atoms with Crippen LogP contribution in [-0.2, 0) is 16.1 Å². The van der Waals surface area contributed by atoms with E-state index in [0.717, 1.165) is 17.5 Å². The highest BCUT2D eigenvalue weighted by Crippen LogP contribution is 2.36. The molecule has 1 unspecified atom stereocenters. The molecule has 2 fully saturated rings. The second kappa shape index (κ2) is 10.7. The number of ether oxygens (including phenoxy) is 3. The number of aliphatic hydroxyl groups excluding tert-OH is 4. The number of carbonyl (C=O) groups is 2. The molecule has 0 aromatic heterocycles. The predicted molar refractivity (Wildman–Crippen MR) is 138 cm³/mol. The molecule has 2 amide bonds. The molecule has 0 saturated carbocycles. The molecule has 3 aliphatic heterocycles. The zero-order valence-electron chi connectivity index (χ0n) is 22.1. The highest BCUT2D eigenvalue weighted by Gasteiger charge is 2.45. The second-order valence-electron chi connectivity index (χ2n) is 10.4. The third kappa shape index (κ3) is 5.08. The molecule has 0 bridgehead atoms. The Labute approximate surface area is 226 Å². The quantitative estimate of drug-likeness (QED) is 0.452. The fraction of sp³-hybridized carbons (Fsp3) is 0.500. The Morgan fingerprint density at radius 1 is 1.03 bits per heavy atom. The Balaban J connectivity index is 1.29. The summed E-state index contributed by atoms with van der Waals surface area (Å²) in [5.74, 6) is 0.136. The molecule has 2 saturated heterocycles. The monoisotopic (exact) mass is 542 g/mol. The predicted octanol–water partition coefficient (Wildman–Crippen LogP) is 1.59. The van der Waals surface area contributed by atoms with Gasteiger partial charge >= 0.3 is 6.09 Å². The number of nitrogens with zero attached hydrogens (tertiary/aromatic N) is 2. The topological polar surface area (TPSA) is 149 Å². The van der Waals surface area contributed by atoms with Crippen molar-refractivity contribution in [1.29, 1.82) is 0 Å². The molecule has 0 radical (unpaired) electrons. The van der Waals surface area contributed by atoms with Gasteiger partial charge in [0, 0.05) is 6.54 Å². The molecule has 210 valence electrons. The average molecular weight is 543 g/mol. The molecule has 3 aliphatic rings. The molecular formula is C28H34N2O9. The third-order valence-corrected chi connectivity index (χ3v) is 7.81. The Bertz CT molecular complexity index is 1240. The molecule has 5 rings (SSSR count). The van der Waals surface area contributed by atoms with Gasteiger partial charge in [0.1, 0.15) is 30.7 Å². The Kier molecular flexibility index (Phi) is 7.53. The zero-order chi connectivity index (χ0) is 28.0. The van der Waals surface area contributed by atoms with Crippen LogP contribution in [0.1, 0.15) is 46.8 Å². The van der Waals surface area contributed by atoms with Crippen LogP contribution < -0.4 is 9.64 Å². The van der Waals surface area contributed by atoms with Crippen molar-refractivity contribution >= 4 is 17.7 Å². The largest absolute Gasteiger partial charge is 0.462 e. The first-order valence-electron chi connectivity index (χ1n) is 13.1. The van der Waals surface area contributed by atoms with Gasteiger partial charge in [0.25, 0.3) is 5.91 Å². The van der Waals surface area contributed by atoms with Gasteiger partial charge in [-0.15, -0.1) is 0 Å². The van der Waals surface area contributed by atoms with Crippen molar-refractivity contribution in [3.05, 3.63) is 58.7 Å². The summed E-state index contributed by atoms with van der Waals surface area (Å²) in [6.45, 7) is 5.76. The lowest BCUT2D eigenvalue weighted by Gasteiger charge is -2.38. The van der Waals surface area contributed by atoms with E-state index in [0.29, 0.717) is 35.5 Å². The first kappa shape index (κ1) is 27.4. The van der Waals surface area contributed by atoms with E-state index in [2.05, 4.69) is 0 Å². The highest BCUT2D eigenvalue weighted by molar-refractivity contribution is 6.05. The van der Waals surface area contributed by atoms with Gasteiger partial charge in [-0.1, -0.05) is 12.1 Å². The maximum absolute atomic E-state index is 13.3. The maximum atomic E-state index is 13.3. The molecule has 0 aliphatic carbocycles. The number of carbonyl (C=O) groups excluding carboxylic acids is 2. The van der Waals surface area contributed by atoms with Gasteiger partial charge in [-0.3, -0.25) is 4.79 Å². The summed E-state index contributed by atoms with van der Waals surface area (Å²) in [6.07, 6.45) is -6.66. The van der Waals surface area contributed by atoms with Crippen LogP contribution in [0.3, 0.4) is 0 Å². The lowest BCUT2D eigenvalue weighted by molar-refractivity contribution is -0.268. The highest BCUT2D eigenvalue weighted by atomic mass is 16.7. The van der Waals surface area contributed by atoms with Crippen molar-refractivity contribution in [3.63, 3.8) is 0 Å². The van der Waals surface area contributed by atoms with Gasteiger partial charge < -0.3 is 39.5 Å². The summed E-state index contributed by atoms with van der Waals surface area (Å²) in [7, 11) is 0. The minimum absolute atomic E-state index is 0.102. The number of amides is 2. The fourth-order valence-electron chi connectivity index (χ4n) is 5.33. The van der Waals surface area contributed by atoms with Crippen LogP contribution in [0.15, 0.2) is 36.4 Å². The van der Waals surface area contributed by atoms with Crippen molar-refractivity contribution in [1.82, 2.24) is 4.90 Å². The lowest BCUT2D eigenvalue weighted by atomic mass is 10.00. The van der Waals surface area contributed by atoms with Crippen molar-refractivity contribution in [2.45, 2.75) is 83.2 Å². The number of anilines is 1. The molecule has 39 heavy (non-hydrogen) atoms. The van der Waals surface area contributed by atoms with E-state index in [1.807, 2.05) is 13.8 Å². The Hall–Kier alpha value is -3.22. The zero-order valence-corrected chi connectivity index (χ0v) is 22.1. The van der Waals surface area contributed by atoms with E-state index >= 15 is 0 Å². The summed E-state index contributed by atoms with van der Waals surface area (Å²) in [5.41, 5.74) is 3.11. The number of benzene rings is 2. The second-order valence-corrected chi connectivity index (χ2v) is 10.4. The van der Waals surface area contributed by atoms with Gasteiger partial charge in [-0.25, -0.2) is 9.69 Å². The summed E-state index contributed by atoms with van der Waals surface area (Å²) in [5, 5.41) is 41.2. The van der Waals surface area contributed by atoms with Crippen LogP contribution in [0.25, 0.3) is 0 Å². The average Bonchev–Trinajstić information content (AvgIpc) is 3.39. The standard InChI is InChI=1S/C28H34N2O9/c1-14-11-19-21(12-15(14)2)30(26(35)20-5-4-10-29(20)25(19)34)28(36)37-13-17-6-8-18(9-7-17)39-27-24(33)23(32)22(31)16(3)38-27/h6-9,11-12,16,20,22-24,26-27,31-33,35H,4-5,10,13H2,1-3H3/t16-,20-,22+,23+,24-,26?,27-/m0/s1. The molecule has 4 N–H and O–H groups in total. The molecule has 7 atom stereocenters. The van der Waals surface area contributed by atoms with Gasteiger partial charge in [0.2, 0.25) is 6.29 Å². The lowest BCUT2D eigenvalue weighted by Crippen LogP contribution is -2.58. The first-order chi connectivity index (χ1) is 18.6. The molecule has 11 heteroatoms. The molecule has 2 aromatic rings. The van der Waals surface area contributed by atoms with Gasteiger partial charge in [-0.2, -0.15) is 0 Å². The van der Waals surface area contributed by atoms with E-state index in [9.17, 15) is 30.0 Å². The molecule has 11 nitrogen and oxygen atoms in total. The minimum atomic E-state index is -1.44. The van der Waals surface area contributed by atoms with Crippen molar-refractivity contribution < 1.29 is 44.2 Å². The summed E-state index contributed by atoms with van der Waals surface area (Å²) in [4.78, 5) is 29.5. The van der Waals surface area contributed by atoms with Crippen LogP contribution in [0.5, 0.6) is 5.75 Å². The molecular weight excluding hydrogens is 508 g/mol.